The van der Waals surface area contributed by atoms with Crippen LogP contribution in [0.1, 0.15) is 39.5 Å². The lowest BCUT2D eigenvalue weighted by atomic mass is 9.44. The first-order chi connectivity index (χ1) is 11.1. The third-order valence-corrected chi connectivity index (χ3v) is 8.01. The molecule has 0 aromatic rings. The Morgan fingerprint density at radius 1 is 1.25 bits per heavy atom. The van der Waals surface area contributed by atoms with Gasteiger partial charge in [-0.1, -0.05) is 19.9 Å². The Labute approximate surface area is 141 Å². The van der Waals surface area contributed by atoms with Crippen LogP contribution in [0.25, 0.3) is 0 Å². The molecule has 0 radical (unpaired) electrons. The number of halogens is 2. The molecule has 0 amide bonds. The second-order valence-electron chi connectivity index (χ2n) is 8.90. The SMILES string of the molecule is C[C@]12C=CC(O)=CC1CC(O)[C@H]1[C@@H]3CC(F)C(N)[C@@]3(C)CC[C@]12F. The molecule has 3 fully saturated rings. The van der Waals surface area contributed by atoms with Gasteiger partial charge in [0, 0.05) is 17.4 Å². The van der Waals surface area contributed by atoms with Gasteiger partial charge in [-0.15, -0.1) is 0 Å². The maximum Gasteiger partial charge on any atom is 0.125 e. The first-order valence-corrected chi connectivity index (χ1v) is 9.00. The maximum atomic E-state index is 16.5. The van der Waals surface area contributed by atoms with Crippen molar-refractivity contribution in [3.8, 4) is 0 Å². The van der Waals surface area contributed by atoms with Crippen LogP contribution in [0.3, 0.4) is 0 Å². The molecule has 0 aromatic heterocycles. The van der Waals surface area contributed by atoms with Crippen LogP contribution in [0.5, 0.6) is 0 Å². The molecule has 4 rings (SSSR count). The molecule has 0 aliphatic heterocycles. The van der Waals surface area contributed by atoms with Crippen LogP contribution in [0, 0.1) is 28.6 Å². The number of alkyl halides is 2. The van der Waals surface area contributed by atoms with Crippen LogP contribution in [0.4, 0.5) is 8.78 Å². The third kappa shape index (κ3) is 1.78. The number of rotatable bonds is 0. The van der Waals surface area contributed by atoms with E-state index in [-0.39, 0.29) is 30.4 Å². The molecule has 0 heterocycles. The standard InChI is InChI=1S/C19H27F2NO2/c1-17-5-6-19(21)15(12(17)9-13(20)16(17)22)14(24)8-10-7-11(23)3-4-18(10,19)2/h3-4,7,10,12-16,23-24H,5-6,8-9,22H2,1-2H3/t10?,12-,13?,14?,15+,16?,17-,18-,19-/m0/s1. The fraction of sp³-hybridized carbons (Fsp3) is 0.789. The summed E-state index contributed by atoms with van der Waals surface area (Å²) in [7, 11) is 0. The van der Waals surface area contributed by atoms with Crippen molar-refractivity contribution in [2.24, 2.45) is 34.3 Å². The Morgan fingerprint density at radius 2 is 1.96 bits per heavy atom. The van der Waals surface area contributed by atoms with Crippen LogP contribution in [0.15, 0.2) is 24.0 Å². The van der Waals surface area contributed by atoms with Crippen molar-refractivity contribution in [2.45, 2.75) is 63.5 Å². The highest BCUT2D eigenvalue weighted by atomic mass is 19.1. The van der Waals surface area contributed by atoms with E-state index in [4.69, 9.17) is 5.73 Å². The lowest BCUT2D eigenvalue weighted by Crippen LogP contribution is -2.66. The molecule has 0 saturated heterocycles. The van der Waals surface area contributed by atoms with Crippen LogP contribution in [-0.2, 0) is 0 Å². The van der Waals surface area contributed by atoms with Crippen molar-refractivity contribution in [3.05, 3.63) is 24.0 Å². The van der Waals surface area contributed by atoms with Gasteiger partial charge in [-0.2, -0.15) is 0 Å². The largest absolute Gasteiger partial charge is 0.508 e. The zero-order valence-corrected chi connectivity index (χ0v) is 14.3. The highest BCUT2D eigenvalue weighted by Crippen LogP contribution is 2.68. The summed E-state index contributed by atoms with van der Waals surface area (Å²) in [6.07, 6.45) is 4.43. The minimum atomic E-state index is -1.61. The molecular formula is C19H27F2NO2. The molecule has 0 spiro atoms. The smallest absolute Gasteiger partial charge is 0.125 e. The minimum absolute atomic E-state index is 0.124. The maximum absolute atomic E-state index is 16.5. The lowest BCUT2D eigenvalue weighted by molar-refractivity contribution is -0.196. The highest BCUT2D eigenvalue weighted by molar-refractivity contribution is 5.32. The molecule has 4 aliphatic carbocycles. The van der Waals surface area contributed by atoms with Gasteiger partial charge in [0.25, 0.3) is 0 Å². The van der Waals surface area contributed by atoms with Gasteiger partial charge < -0.3 is 15.9 Å². The van der Waals surface area contributed by atoms with Crippen molar-refractivity contribution in [3.63, 3.8) is 0 Å². The van der Waals surface area contributed by atoms with E-state index in [1.54, 1.807) is 18.2 Å². The number of aliphatic hydroxyl groups excluding tert-OH is 2. The number of hydrogen-bond acceptors (Lipinski definition) is 3. The van der Waals surface area contributed by atoms with Crippen molar-refractivity contribution in [1.82, 2.24) is 0 Å². The second kappa shape index (κ2) is 4.82. The fourth-order valence-corrected chi connectivity index (χ4v) is 6.35. The summed E-state index contributed by atoms with van der Waals surface area (Å²) in [4.78, 5) is 0. The number of hydrogen-bond donors (Lipinski definition) is 3. The molecule has 4 unspecified atom stereocenters. The monoisotopic (exact) mass is 339 g/mol. The summed E-state index contributed by atoms with van der Waals surface area (Å²) in [5.41, 5.74) is 3.26. The molecule has 0 aromatic carbocycles. The van der Waals surface area contributed by atoms with Crippen LogP contribution in [-0.4, -0.2) is 34.2 Å². The Hall–Kier alpha value is -0.940. The van der Waals surface area contributed by atoms with Crippen molar-refractivity contribution >= 4 is 0 Å². The fourth-order valence-electron chi connectivity index (χ4n) is 6.35. The van der Waals surface area contributed by atoms with E-state index in [0.717, 1.165) is 0 Å². The van der Waals surface area contributed by atoms with E-state index in [0.29, 0.717) is 12.8 Å². The Kier molecular flexibility index (Phi) is 3.32. The summed E-state index contributed by atoms with van der Waals surface area (Å²) >= 11 is 0. The van der Waals surface area contributed by atoms with Crippen molar-refractivity contribution in [2.75, 3.05) is 0 Å². The Balaban J connectivity index is 1.79. The molecule has 134 valence electrons. The van der Waals surface area contributed by atoms with Crippen molar-refractivity contribution < 1.29 is 19.0 Å². The van der Waals surface area contributed by atoms with Gasteiger partial charge >= 0.3 is 0 Å². The normalized spacial score (nSPS) is 59.3. The van der Waals surface area contributed by atoms with Gasteiger partial charge in [0.15, 0.2) is 0 Å². The van der Waals surface area contributed by atoms with Gasteiger partial charge in [-0.05, 0) is 55.1 Å². The third-order valence-electron chi connectivity index (χ3n) is 8.01. The van der Waals surface area contributed by atoms with E-state index in [2.05, 4.69) is 0 Å². The Morgan fingerprint density at radius 3 is 2.67 bits per heavy atom. The molecule has 3 saturated carbocycles. The second-order valence-corrected chi connectivity index (χ2v) is 8.90. The van der Waals surface area contributed by atoms with Crippen LogP contribution in [0.2, 0.25) is 0 Å². The predicted molar refractivity (Wildman–Crippen MR) is 87.7 cm³/mol. The molecule has 9 atom stereocenters. The van der Waals surface area contributed by atoms with E-state index >= 15 is 4.39 Å². The predicted octanol–water partition coefficient (Wildman–Crippen LogP) is 3.20. The highest BCUT2D eigenvalue weighted by Gasteiger charge is 2.70. The van der Waals surface area contributed by atoms with Crippen LogP contribution >= 0.6 is 0 Å². The zero-order valence-electron chi connectivity index (χ0n) is 14.3. The van der Waals surface area contributed by atoms with Gasteiger partial charge in [0.1, 0.15) is 17.6 Å². The molecular weight excluding hydrogens is 312 g/mol. The van der Waals surface area contributed by atoms with Gasteiger partial charge in [0.05, 0.1) is 6.10 Å². The lowest BCUT2D eigenvalue weighted by Gasteiger charge is -2.62. The van der Waals surface area contributed by atoms with Crippen molar-refractivity contribution in [1.29, 1.82) is 0 Å². The summed E-state index contributed by atoms with van der Waals surface area (Å²) in [5, 5.41) is 20.6. The van der Waals surface area contributed by atoms with Gasteiger partial charge in [-0.3, -0.25) is 0 Å². The first kappa shape index (κ1) is 16.5. The number of aliphatic hydroxyl groups is 2. The summed E-state index contributed by atoms with van der Waals surface area (Å²) in [6.45, 7) is 3.84. The van der Waals surface area contributed by atoms with E-state index in [9.17, 15) is 14.6 Å². The molecule has 24 heavy (non-hydrogen) atoms. The minimum Gasteiger partial charge on any atom is -0.508 e. The number of fused-ring (bicyclic) bond motifs is 5. The molecule has 4 N–H and O–H groups in total. The van der Waals surface area contributed by atoms with Gasteiger partial charge in [0.2, 0.25) is 0 Å². The quantitative estimate of drug-likeness (QED) is 0.635. The summed E-state index contributed by atoms with van der Waals surface area (Å²) < 4.78 is 30.9. The summed E-state index contributed by atoms with van der Waals surface area (Å²) in [6, 6.07) is -0.587. The van der Waals surface area contributed by atoms with E-state index in [1.807, 2.05) is 13.8 Å². The average molecular weight is 339 g/mol. The summed E-state index contributed by atoms with van der Waals surface area (Å²) in [5.74, 6) is -0.983. The van der Waals surface area contributed by atoms with E-state index < -0.39 is 40.7 Å². The molecule has 3 nitrogen and oxygen atoms in total. The molecule has 5 heteroatoms. The topological polar surface area (TPSA) is 66.5 Å². The number of nitrogens with two attached hydrogens (primary N) is 1. The van der Waals surface area contributed by atoms with Gasteiger partial charge in [-0.25, -0.2) is 8.78 Å². The zero-order chi connectivity index (χ0) is 17.5. The first-order valence-electron chi connectivity index (χ1n) is 9.00. The van der Waals surface area contributed by atoms with Crippen LogP contribution < -0.4 is 5.73 Å². The Bertz CT molecular complexity index is 622. The number of allylic oxidation sites excluding steroid dienone is 3. The van der Waals surface area contributed by atoms with E-state index in [1.165, 1.54) is 0 Å². The average Bonchev–Trinajstić information content (AvgIpc) is 2.74. The molecule has 4 aliphatic rings. The molecule has 0 bridgehead atoms.